The summed E-state index contributed by atoms with van der Waals surface area (Å²) in [6.07, 6.45) is 2.68. The van der Waals surface area contributed by atoms with E-state index in [0.717, 1.165) is 37.9 Å². The molecule has 1 aromatic carbocycles. The van der Waals surface area contributed by atoms with Gasteiger partial charge in [0.2, 0.25) is 10.0 Å². The summed E-state index contributed by atoms with van der Waals surface area (Å²) < 4.78 is 26.9. The Kier molecular flexibility index (Phi) is 4.83. The molecule has 1 aromatic rings. The molecule has 1 unspecified atom stereocenters. The molecular formula is C15H24N2O2S. The summed E-state index contributed by atoms with van der Waals surface area (Å²) in [4.78, 5) is 0.418. The summed E-state index contributed by atoms with van der Waals surface area (Å²) in [5, 5.41) is 3.21. The molecule has 1 atom stereocenters. The van der Waals surface area contributed by atoms with E-state index in [9.17, 15) is 8.42 Å². The molecule has 2 rings (SSSR count). The zero-order chi connectivity index (χ0) is 14.8. The molecule has 0 saturated carbocycles. The largest absolute Gasteiger partial charge is 0.315 e. The second-order valence-corrected chi connectivity index (χ2v) is 7.30. The number of sulfonamides is 1. The molecule has 0 radical (unpaired) electrons. The highest BCUT2D eigenvalue weighted by atomic mass is 32.2. The molecule has 1 heterocycles. The first-order valence-corrected chi connectivity index (χ1v) is 8.75. The molecular weight excluding hydrogens is 272 g/mol. The lowest BCUT2D eigenvalue weighted by Crippen LogP contribution is -2.38. The van der Waals surface area contributed by atoms with Crippen LogP contribution in [0.1, 0.15) is 31.4 Å². The van der Waals surface area contributed by atoms with Gasteiger partial charge in [0.05, 0.1) is 4.90 Å². The lowest BCUT2D eigenvalue weighted by atomic mass is 10.0. The van der Waals surface area contributed by atoms with Gasteiger partial charge in [-0.3, -0.25) is 0 Å². The molecule has 5 heteroatoms. The quantitative estimate of drug-likeness (QED) is 0.901. The van der Waals surface area contributed by atoms with Gasteiger partial charge < -0.3 is 5.32 Å². The predicted molar refractivity (Wildman–Crippen MR) is 81.4 cm³/mol. The van der Waals surface area contributed by atoms with Gasteiger partial charge in [-0.05, 0) is 49.1 Å². The Labute approximate surface area is 122 Å². The van der Waals surface area contributed by atoms with E-state index in [-0.39, 0.29) is 6.04 Å². The molecule has 0 bridgehead atoms. The lowest BCUT2D eigenvalue weighted by Gasteiger charge is -2.23. The highest BCUT2D eigenvalue weighted by molar-refractivity contribution is 7.89. The first-order valence-electron chi connectivity index (χ1n) is 7.31. The number of rotatable bonds is 5. The van der Waals surface area contributed by atoms with Crippen molar-refractivity contribution in [2.45, 2.75) is 44.0 Å². The average molecular weight is 296 g/mol. The van der Waals surface area contributed by atoms with Crippen LogP contribution < -0.4 is 5.32 Å². The van der Waals surface area contributed by atoms with Gasteiger partial charge in [-0.2, -0.15) is 4.31 Å². The molecule has 0 amide bonds. The SMILES string of the molecule is CCc1ccc(S(=O)(=O)N(C)C2CCNC2)cc1CC. The van der Waals surface area contributed by atoms with Crippen molar-refractivity contribution < 1.29 is 8.42 Å². The minimum atomic E-state index is -3.39. The first-order chi connectivity index (χ1) is 9.50. The fourth-order valence-electron chi connectivity index (χ4n) is 2.75. The third kappa shape index (κ3) is 2.90. The molecule has 20 heavy (non-hydrogen) atoms. The molecule has 1 aliphatic rings. The van der Waals surface area contributed by atoms with Gasteiger partial charge in [-0.15, -0.1) is 0 Å². The number of benzene rings is 1. The molecule has 0 aliphatic carbocycles. The van der Waals surface area contributed by atoms with Crippen molar-refractivity contribution >= 4 is 10.0 Å². The van der Waals surface area contributed by atoms with Gasteiger partial charge in [0.1, 0.15) is 0 Å². The zero-order valence-electron chi connectivity index (χ0n) is 12.5. The van der Waals surface area contributed by atoms with Crippen molar-refractivity contribution in [3.63, 3.8) is 0 Å². The molecule has 1 aliphatic heterocycles. The monoisotopic (exact) mass is 296 g/mol. The second kappa shape index (κ2) is 6.24. The van der Waals surface area contributed by atoms with Crippen LogP contribution in [0.4, 0.5) is 0 Å². The van der Waals surface area contributed by atoms with Crippen LogP contribution >= 0.6 is 0 Å². The average Bonchev–Trinajstić information content (AvgIpc) is 2.99. The summed E-state index contributed by atoms with van der Waals surface area (Å²) in [6.45, 7) is 5.79. The number of nitrogens with one attached hydrogen (secondary N) is 1. The fourth-order valence-corrected chi connectivity index (χ4v) is 4.19. The zero-order valence-corrected chi connectivity index (χ0v) is 13.3. The van der Waals surface area contributed by atoms with Gasteiger partial charge in [-0.25, -0.2) is 8.42 Å². The maximum absolute atomic E-state index is 12.7. The van der Waals surface area contributed by atoms with Gasteiger partial charge in [0.25, 0.3) is 0 Å². The van der Waals surface area contributed by atoms with E-state index < -0.39 is 10.0 Å². The Morgan fingerprint density at radius 3 is 2.50 bits per heavy atom. The molecule has 0 aromatic heterocycles. The van der Waals surface area contributed by atoms with Crippen molar-refractivity contribution in [3.05, 3.63) is 29.3 Å². The molecule has 4 nitrogen and oxygen atoms in total. The molecule has 1 N–H and O–H groups in total. The fraction of sp³-hybridized carbons (Fsp3) is 0.600. The van der Waals surface area contributed by atoms with Gasteiger partial charge in [0.15, 0.2) is 0 Å². The third-order valence-corrected chi connectivity index (χ3v) is 6.07. The Balaban J connectivity index is 2.33. The van der Waals surface area contributed by atoms with E-state index in [2.05, 4.69) is 19.2 Å². The Bertz CT molecular complexity index is 563. The molecule has 112 valence electrons. The van der Waals surface area contributed by atoms with Gasteiger partial charge in [0, 0.05) is 19.6 Å². The topological polar surface area (TPSA) is 49.4 Å². The van der Waals surface area contributed by atoms with Crippen LogP contribution in [0.25, 0.3) is 0 Å². The summed E-state index contributed by atoms with van der Waals surface area (Å²) >= 11 is 0. The first kappa shape index (κ1) is 15.5. The van der Waals surface area contributed by atoms with E-state index in [1.807, 2.05) is 12.1 Å². The number of likely N-dealkylation sites (N-methyl/N-ethyl adjacent to an activating group) is 1. The highest BCUT2D eigenvalue weighted by Gasteiger charge is 2.30. The highest BCUT2D eigenvalue weighted by Crippen LogP contribution is 2.22. The van der Waals surface area contributed by atoms with E-state index in [1.54, 1.807) is 13.1 Å². The number of hydrogen-bond acceptors (Lipinski definition) is 3. The summed E-state index contributed by atoms with van der Waals surface area (Å²) in [5.41, 5.74) is 2.36. The van der Waals surface area contributed by atoms with Crippen LogP contribution in [0.2, 0.25) is 0 Å². The van der Waals surface area contributed by atoms with Gasteiger partial charge in [-0.1, -0.05) is 19.9 Å². The number of nitrogens with zero attached hydrogens (tertiary/aromatic N) is 1. The van der Waals surface area contributed by atoms with Crippen LogP contribution in [-0.2, 0) is 22.9 Å². The smallest absolute Gasteiger partial charge is 0.243 e. The Morgan fingerprint density at radius 2 is 1.95 bits per heavy atom. The van der Waals surface area contributed by atoms with E-state index in [0.29, 0.717) is 4.90 Å². The Morgan fingerprint density at radius 1 is 1.25 bits per heavy atom. The lowest BCUT2D eigenvalue weighted by molar-refractivity contribution is 0.387. The van der Waals surface area contributed by atoms with E-state index in [1.165, 1.54) is 9.87 Å². The number of aryl methyl sites for hydroxylation is 2. The maximum atomic E-state index is 12.7. The van der Waals surface area contributed by atoms with Crippen LogP contribution in [0, 0.1) is 0 Å². The minimum Gasteiger partial charge on any atom is -0.315 e. The predicted octanol–water partition coefficient (Wildman–Crippen LogP) is 1.79. The summed E-state index contributed by atoms with van der Waals surface area (Å²) in [5.74, 6) is 0. The summed E-state index contributed by atoms with van der Waals surface area (Å²) in [7, 11) is -1.70. The van der Waals surface area contributed by atoms with Crippen molar-refractivity contribution in [1.29, 1.82) is 0 Å². The molecule has 0 spiro atoms. The van der Waals surface area contributed by atoms with Crippen molar-refractivity contribution in [1.82, 2.24) is 9.62 Å². The van der Waals surface area contributed by atoms with Crippen LogP contribution in [0.5, 0.6) is 0 Å². The van der Waals surface area contributed by atoms with Crippen molar-refractivity contribution in [3.8, 4) is 0 Å². The van der Waals surface area contributed by atoms with Crippen molar-refractivity contribution in [2.75, 3.05) is 20.1 Å². The maximum Gasteiger partial charge on any atom is 0.243 e. The Hall–Kier alpha value is -0.910. The van der Waals surface area contributed by atoms with Crippen LogP contribution in [-0.4, -0.2) is 38.9 Å². The van der Waals surface area contributed by atoms with Crippen LogP contribution in [0.3, 0.4) is 0 Å². The van der Waals surface area contributed by atoms with Crippen molar-refractivity contribution in [2.24, 2.45) is 0 Å². The third-order valence-electron chi connectivity index (χ3n) is 4.17. The van der Waals surface area contributed by atoms with E-state index >= 15 is 0 Å². The van der Waals surface area contributed by atoms with Gasteiger partial charge >= 0.3 is 0 Å². The molecule has 1 fully saturated rings. The van der Waals surface area contributed by atoms with E-state index in [4.69, 9.17) is 0 Å². The normalized spacial score (nSPS) is 19.7. The minimum absolute atomic E-state index is 0.0657. The van der Waals surface area contributed by atoms with Crippen LogP contribution in [0.15, 0.2) is 23.1 Å². The summed E-state index contributed by atoms with van der Waals surface area (Å²) in [6, 6.07) is 5.60. The standard InChI is InChI=1S/C15H24N2O2S/c1-4-12-6-7-15(10-13(12)5-2)20(18,19)17(3)14-8-9-16-11-14/h6-7,10,14,16H,4-5,8-9,11H2,1-3H3. The molecule has 1 saturated heterocycles. The second-order valence-electron chi connectivity index (χ2n) is 5.31. The number of hydrogen-bond donors (Lipinski definition) is 1.